The predicted molar refractivity (Wildman–Crippen MR) is 130 cm³/mol. The molecule has 8 nitrogen and oxygen atoms in total. The number of H-pyrrole nitrogens is 1. The maximum Gasteiger partial charge on any atom is 0.274 e. The quantitative estimate of drug-likeness (QED) is 0.610. The summed E-state index contributed by atoms with van der Waals surface area (Å²) in [6.07, 6.45) is 5.53. The van der Waals surface area contributed by atoms with Crippen molar-refractivity contribution in [3.63, 3.8) is 0 Å². The average molecular weight is 463 g/mol. The van der Waals surface area contributed by atoms with Gasteiger partial charge in [-0.3, -0.25) is 14.4 Å². The normalized spacial score (nSPS) is 16.4. The summed E-state index contributed by atoms with van der Waals surface area (Å²) in [5.41, 5.74) is 2.79. The number of amides is 2. The number of carbonyl (C=O) groups excluding carboxylic acids is 2. The summed E-state index contributed by atoms with van der Waals surface area (Å²) in [4.78, 5) is 44.5. The fraction of sp³-hybridized carbons (Fsp3) is 0.423. The van der Waals surface area contributed by atoms with Gasteiger partial charge in [0.1, 0.15) is 11.3 Å². The molecule has 2 amide bonds. The van der Waals surface area contributed by atoms with Gasteiger partial charge in [0.05, 0.1) is 7.11 Å². The van der Waals surface area contributed by atoms with Crippen LogP contribution < -0.4 is 10.3 Å². The smallest absolute Gasteiger partial charge is 0.274 e. The Balaban J connectivity index is 1.47. The van der Waals surface area contributed by atoms with Crippen molar-refractivity contribution in [2.45, 2.75) is 33.2 Å². The van der Waals surface area contributed by atoms with Crippen LogP contribution in [0.1, 0.15) is 37.0 Å². The number of aryl methyl sites for hydroxylation is 1. The third kappa shape index (κ3) is 3.57. The zero-order valence-electron chi connectivity index (χ0n) is 19.9. The number of hydrogen-bond donors (Lipinski definition) is 1. The molecule has 3 aromatic rings. The Morgan fingerprint density at radius 1 is 1.09 bits per heavy atom. The van der Waals surface area contributed by atoms with Crippen LogP contribution in [-0.2, 0) is 11.3 Å². The lowest BCUT2D eigenvalue weighted by Crippen LogP contribution is -2.73. The molecule has 2 fully saturated rings. The van der Waals surface area contributed by atoms with Gasteiger partial charge in [-0.2, -0.15) is 0 Å². The molecule has 0 unspecified atom stereocenters. The number of unbranched alkanes of at least 4 members (excludes halogenated alkanes) is 1. The highest BCUT2D eigenvalue weighted by Gasteiger charge is 2.53. The Kier molecular flexibility index (Phi) is 5.46. The second-order valence-electron chi connectivity index (χ2n) is 9.61. The van der Waals surface area contributed by atoms with Gasteiger partial charge < -0.3 is 24.1 Å². The van der Waals surface area contributed by atoms with Crippen LogP contribution in [0.2, 0.25) is 0 Å². The third-order valence-corrected chi connectivity index (χ3v) is 7.12. The molecule has 2 saturated heterocycles. The fourth-order valence-corrected chi connectivity index (χ4v) is 5.23. The van der Waals surface area contributed by atoms with E-state index < -0.39 is 0 Å². The van der Waals surface area contributed by atoms with Crippen molar-refractivity contribution in [1.29, 1.82) is 0 Å². The fourth-order valence-electron chi connectivity index (χ4n) is 5.23. The Hall–Kier alpha value is -3.55. The van der Waals surface area contributed by atoms with Crippen molar-refractivity contribution >= 4 is 22.7 Å². The molecule has 5 rings (SSSR count). The summed E-state index contributed by atoms with van der Waals surface area (Å²) in [6, 6.07) is 7.37. The van der Waals surface area contributed by atoms with Gasteiger partial charge in [0.15, 0.2) is 0 Å². The molecule has 2 aliphatic heterocycles. The van der Waals surface area contributed by atoms with Crippen LogP contribution in [0, 0.1) is 5.41 Å². The molecular weight excluding hydrogens is 432 g/mol. The molecule has 0 atom stereocenters. The number of pyridine rings is 1. The average Bonchev–Trinajstić information content (AvgIpc) is 3.26. The van der Waals surface area contributed by atoms with Crippen molar-refractivity contribution < 1.29 is 14.3 Å². The zero-order chi connectivity index (χ0) is 24.0. The molecule has 2 aromatic heterocycles. The van der Waals surface area contributed by atoms with E-state index in [1.165, 1.54) is 0 Å². The van der Waals surface area contributed by atoms with Crippen LogP contribution >= 0.6 is 0 Å². The first-order valence-electron chi connectivity index (χ1n) is 11.8. The molecule has 1 N–H and O–H groups in total. The zero-order valence-corrected chi connectivity index (χ0v) is 19.9. The van der Waals surface area contributed by atoms with Gasteiger partial charge in [0.25, 0.3) is 11.5 Å². The lowest BCUT2D eigenvalue weighted by molar-refractivity contribution is -0.152. The van der Waals surface area contributed by atoms with Crippen LogP contribution in [0.4, 0.5) is 0 Å². The minimum atomic E-state index is -0.0469. The molecule has 34 heavy (non-hydrogen) atoms. The van der Waals surface area contributed by atoms with E-state index in [2.05, 4.69) is 11.9 Å². The number of nitrogens with zero attached hydrogens (tertiary/aromatic N) is 3. The third-order valence-electron chi connectivity index (χ3n) is 7.12. The van der Waals surface area contributed by atoms with Crippen molar-refractivity contribution in [2.24, 2.45) is 5.41 Å². The monoisotopic (exact) mass is 462 g/mol. The number of methoxy groups -OCH3 is 1. The molecule has 0 radical (unpaired) electrons. The highest BCUT2D eigenvalue weighted by Crippen LogP contribution is 2.41. The summed E-state index contributed by atoms with van der Waals surface area (Å²) >= 11 is 0. The highest BCUT2D eigenvalue weighted by atomic mass is 16.5. The van der Waals surface area contributed by atoms with E-state index in [-0.39, 0.29) is 22.8 Å². The van der Waals surface area contributed by atoms with Crippen LogP contribution in [0.15, 0.2) is 41.5 Å². The van der Waals surface area contributed by atoms with Crippen molar-refractivity contribution in [2.75, 3.05) is 33.3 Å². The Labute approximate surface area is 198 Å². The van der Waals surface area contributed by atoms with Gasteiger partial charge in [-0.25, -0.2) is 0 Å². The van der Waals surface area contributed by atoms with E-state index in [9.17, 15) is 14.4 Å². The van der Waals surface area contributed by atoms with E-state index in [0.717, 1.165) is 42.4 Å². The standard InChI is InChI=1S/C26H30N4O4/c1-4-5-10-28-12-21(19-8-9-27-23(19)25(28)33)20-11-18(6-7-22(20)34-3)24(32)30-15-26(16-30)13-29(14-26)17(2)31/h6-9,11-12,27H,4-5,10,13-16H2,1-3H3. The second kappa shape index (κ2) is 8.34. The summed E-state index contributed by atoms with van der Waals surface area (Å²) in [6.45, 7) is 7.10. The second-order valence-corrected chi connectivity index (χ2v) is 9.61. The lowest BCUT2D eigenvalue weighted by Gasteiger charge is -2.60. The summed E-state index contributed by atoms with van der Waals surface area (Å²) < 4.78 is 7.38. The maximum atomic E-state index is 13.3. The van der Waals surface area contributed by atoms with E-state index in [0.29, 0.717) is 36.5 Å². The predicted octanol–water partition coefficient (Wildman–Crippen LogP) is 3.11. The van der Waals surface area contributed by atoms with Crippen molar-refractivity contribution in [3.05, 3.63) is 52.6 Å². The molecule has 1 spiro atoms. The molecule has 0 saturated carbocycles. The number of fused-ring (bicyclic) bond motifs is 1. The maximum absolute atomic E-state index is 13.3. The van der Waals surface area contributed by atoms with Gasteiger partial charge in [0.2, 0.25) is 5.91 Å². The summed E-state index contributed by atoms with van der Waals surface area (Å²) in [7, 11) is 1.61. The summed E-state index contributed by atoms with van der Waals surface area (Å²) in [5, 5.41) is 0.808. The van der Waals surface area contributed by atoms with Gasteiger partial charge in [-0.1, -0.05) is 13.3 Å². The number of likely N-dealkylation sites (tertiary alicyclic amines) is 2. The number of aromatic amines is 1. The Morgan fingerprint density at radius 2 is 1.82 bits per heavy atom. The number of rotatable bonds is 6. The number of carbonyl (C=O) groups is 2. The molecule has 1 aromatic carbocycles. The van der Waals surface area contributed by atoms with Crippen LogP contribution in [-0.4, -0.2) is 64.5 Å². The van der Waals surface area contributed by atoms with Crippen LogP contribution in [0.25, 0.3) is 22.0 Å². The first-order chi connectivity index (χ1) is 16.4. The molecule has 8 heteroatoms. The molecule has 0 bridgehead atoms. The number of ether oxygens (including phenoxy) is 1. The molecule has 4 heterocycles. The largest absolute Gasteiger partial charge is 0.496 e. The minimum absolute atomic E-state index is 0.0274. The molecule has 178 valence electrons. The van der Waals surface area contributed by atoms with Crippen LogP contribution in [0.3, 0.4) is 0 Å². The molecule has 2 aliphatic rings. The van der Waals surface area contributed by atoms with Gasteiger partial charge in [-0.05, 0) is 30.7 Å². The van der Waals surface area contributed by atoms with Crippen molar-refractivity contribution in [3.8, 4) is 16.9 Å². The number of hydrogen-bond acceptors (Lipinski definition) is 4. The van der Waals surface area contributed by atoms with E-state index in [4.69, 9.17) is 4.74 Å². The van der Waals surface area contributed by atoms with Gasteiger partial charge in [-0.15, -0.1) is 0 Å². The SMILES string of the molecule is CCCCn1cc(-c2cc(C(=O)N3CC4(CN(C(C)=O)C4)C3)ccc2OC)c2cc[nH]c2c1=O. The highest BCUT2D eigenvalue weighted by molar-refractivity contribution is 6.00. The minimum Gasteiger partial charge on any atom is -0.496 e. The molecule has 0 aliphatic carbocycles. The first-order valence-corrected chi connectivity index (χ1v) is 11.8. The number of aromatic nitrogens is 2. The summed E-state index contributed by atoms with van der Waals surface area (Å²) in [5.74, 6) is 0.711. The first kappa shape index (κ1) is 22.3. The van der Waals surface area contributed by atoms with Gasteiger partial charge in [0, 0.05) is 79.5 Å². The van der Waals surface area contributed by atoms with Gasteiger partial charge >= 0.3 is 0 Å². The Morgan fingerprint density at radius 3 is 2.50 bits per heavy atom. The number of nitrogens with one attached hydrogen (secondary N) is 1. The van der Waals surface area contributed by atoms with E-state index in [1.54, 1.807) is 30.9 Å². The topological polar surface area (TPSA) is 87.6 Å². The van der Waals surface area contributed by atoms with E-state index >= 15 is 0 Å². The van der Waals surface area contributed by atoms with Crippen molar-refractivity contribution in [1.82, 2.24) is 19.4 Å². The van der Waals surface area contributed by atoms with Crippen LogP contribution in [0.5, 0.6) is 5.75 Å². The lowest BCUT2D eigenvalue weighted by atomic mass is 9.72. The Bertz CT molecular complexity index is 1320. The number of benzene rings is 1. The van der Waals surface area contributed by atoms with E-state index in [1.807, 2.05) is 34.2 Å². The molecular formula is C26H30N4O4.